The Morgan fingerprint density at radius 2 is 1.67 bits per heavy atom. The third-order valence-corrected chi connectivity index (χ3v) is 2.49. The molecule has 2 heteroatoms. The number of rotatable bonds is 3. The highest BCUT2D eigenvalue weighted by atomic mass is 19.1. The summed E-state index contributed by atoms with van der Waals surface area (Å²) in [7, 11) is 0. The van der Waals surface area contributed by atoms with Gasteiger partial charge in [-0.05, 0) is 18.2 Å². The predicted octanol–water partition coefficient (Wildman–Crippen LogP) is 2.97. The molecule has 2 aromatic carbocycles. The van der Waals surface area contributed by atoms with Crippen molar-refractivity contribution in [2.45, 2.75) is 6.54 Å². The second-order valence-electron chi connectivity index (χ2n) is 3.86. The number of hydrogen-bond donors (Lipinski definition) is 1. The highest BCUT2D eigenvalue weighted by Crippen LogP contribution is 2.04. The number of nitrogens with one attached hydrogen (secondary N) is 1. The molecule has 2 aromatic rings. The van der Waals surface area contributed by atoms with Crippen LogP contribution in [-0.4, -0.2) is 6.54 Å². The fourth-order valence-corrected chi connectivity index (χ4v) is 1.57. The van der Waals surface area contributed by atoms with Crippen LogP contribution in [0.4, 0.5) is 4.39 Å². The predicted molar refractivity (Wildman–Crippen MR) is 71.4 cm³/mol. The molecule has 0 spiro atoms. The van der Waals surface area contributed by atoms with Crippen molar-refractivity contribution in [3.63, 3.8) is 0 Å². The molecule has 0 aliphatic carbocycles. The van der Waals surface area contributed by atoms with Crippen molar-refractivity contribution in [1.29, 1.82) is 0 Å². The van der Waals surface area contributed by atoms with Gasteiger partial charge < -0.3 is 5.32 Å². The average Bonchev–Trinajstić information content (AvgIpc) is 2.42. The summed E-state index contributed by atoms with van der Waals surface area (Å²) < 4.78 is 13.3. The summed E-state index contributed by atoms with van der Waals surface area (Å²) in [6, 6.07) is 16.5. The van der Waals surface area contributed by atoms with E-state index in [0.717, 1.165) is 5.56 Å². The van der Waals surface area contributed by atoms with Crippen LogP contribution in [0.25, 0.3) is 0 Å². The van der Waals surface area contributed by atoms with Crippen LogP contribution < -0.4 is 5.32 Å². The molecule has 0 aliphatic heterocycles. The first-order valence-electron chi connectivity index (χ1n) is 5.84. The van der Waals surface area contributed by atoms with Crippen LogP contribution in [0.2, 0.25) is 0 Å². The van der Waals surface area contributed by atoms with Gasteiger partial charge in [0.15, 0.2) is 0 Å². The van der Waals surface area contributed by atoms with Crippen LogP contribution in [0.5, 0.6) is 0 Å². The van der Waals surface area contributed by atoms with Gasteiger partial charge in [0.05, 0.1) is 6.54 Å². The van der Waals surface area contributed by atoms with E-state index in [9.17, 15) is 4.39 Å². The van der Waals surface area contributed by atoms with Gasteiger partial charge in [0.2, 0.25) is 0 Å². The minimum Gasteiger partial charge on any atom is -0.302 e. The van der Waals surface area contributed by atoms with Crippen molar-refractivity contribution in [3.05, 3.63) is 71.5 Å². The van der Waals surface area contributed by atoms with E-state index >= 15 is 0 Å². The van der Waals surface area contributed by atoms with Crippen LogP contribution in [-0.2, 0) is 6.54 Å². The summed E-state index contributed by atoms with van der Waals surface area (Å²) >= 11 is 0. The van der Waals surface area contributed by atoms with Crippen LogP contribution in [0.1, 0.15) is 11.1 Å². The maximum atomic E-state index is 13.3. The molecule has 0 saturated heterocycles. The molecule has 1 N–H and O–H groups in total. The SMILES string of the molecule is Fc1ccccc1CNCC#Cc1ccccc1. The van der Waals surface area contributed by atoms with Crippen molar-refractivity contribution < 1.29 is 4.39 Å². The molecular formula is C16H14FN. The summed E-state index contributed by atoms with van der Waals surface area (Å²) in [4.78, 5) is 0. The van der Waals surface area contributed by atoms with E-state index < -0.39 is 0 Å². The number of halogens is 1. The smallest absolute Gasteiger partial charge is 0.127 e. The van der Waals surface area contributed by atoms with E-state index in [1.807, 2.05) is 36.4 Å². The van der Waals surface area contributed by atoms with E-state index in [1.54, 1.807) is 12.1 Å². The minimum absolute atomic E-state index is 0.180. The second-order valence-corrected chi connectivity index (χ2v) is 3.86. The maximum absolute atomic E-state index is 13.3. The monoisotopic (exact) mass is 239 g/mol. The van der Waals surface area contributed by atoms with E-state index in [1.165, 1.54) is 6.07 Å². The number of benzene rings is 2. The van der Waals surface area contributed by atoms with Crippen LogP contribution >= 0.6 is 0 Å². The zero-order chi connectivity index (χ0) is 12.6. The Kier molecular flexibility index (Phi) is 4.52. The van der Waals surface area contributed by atoms with Crippen molar-refractivity contribution in [2.24, 2.45) is 0 Å². The third-order valence-electron chi connectivity index (χ3n) is 2.49. The van der Waals surface area contributed by atoms with Crippen LogP contribution in [0, 0.1) is 17.7 Å². The van der Waals surface area contributed by atoms with Gasteiger partial charge in [-0.1, -0.05) is 48.2 Å². The quantitative estimate of drug-likeness (QED) is 0.641. The molecule has 0 amide bonds. The highest BCUT2D eigenvalue weighted by Gasteiger charge is 1.97. The summed E-state index contributed by atoms with van der Waals surface area (Å²) in [5.74, 6) is 5.87. The van der Waals surface area contributed by atoms with Crippen molar-refractivity contribution in [2.75, 3.05) is 6.54 Å². The van der Waals surface area contributed by atoms with Gasteiger partial charge in [-0.15, -0.1) is 0 Å². The molecule has 18 heavy (non-hydrogen) atoms. The zero-order valence-corrected chi connectivity index (χ0v) is 9.99. The highest BCUT2D eigenvalue weighted by molar-refractivity contribution is 5.33. The van der Waals surface area contributed by atoms with Crippen molar-refractivity contribution in [1.82, 2.24) is 5.32 Å². The van der Waals surface area contributed by atoms with Crippen LogP contribution in [0.15, 0.2) is 54.6 Å². The normalized spacial score (nSPS) is 9.61. The first kappa shape index (κ1) is 12.3. The average molecular weight is 239 g/mol. The molecule has 0 atom stereocenters. The molecule has 0 unspecified atom stereocenters. The first-order valence-corrected chi connectivity index (χ1v) is 5.84. The molecule has 0 aliphatic rings. The molecular weight excluding hydrogens is 225 g/mol. The van der Waals surface area contributed by atoms with Gasteiger partial charge in [-0.3, -0.25) is 0 Å². The van der Waals surface area contributed by atoms with E-state index in [-0.39, 0.29) is 5.82 Å². The standard InChI is InChI=1S/C16H14FN/c17-16-11-5-4-10-15(16)13-18-12-6-9-14-7-2-1-3-8-14/h1-5,7-8,10-11,18H,12-13H2. The Hall–Kier alpha value is -2.11. The van der Waals surface area contributed by atoms with Crippen molar-refractivity contribution >= 4 is 0 Å². The Bertz CT molecular complexity index is 552. The Morgan fingerprint density at radius 3 is 2.44 bits per heavy atom. The molecule has 0 saturated carbocycles. The Labute approximate surface area is 107 Å². The molecule has 0 radical (unpaired) electrons. The molecule has 0 heterocycles. The van der Waals surface area contributed by atoms with Gasteiger partial charge in [-0.25, -0.2) is 4.39 Å². The number of hydrogen-bond acceptors (Lipinski definition) is 1. The minimum atomic E-state index is -0.180. The van der Waals surface area contributed by atoms with Crippen LogP contribution in [0.3, 0.4) is 0 Å². The lowest BCUT2D eigenvalue weighted by Gasteiger charge is -2.01. The summed E-state index contributed by atoms with van der Waals surface area (Å²) in [6.07, 6.45) is 0. The molecule has 0 bridgehead atoms. The lowest BCUT2D eigenvalue weighted by molar-refractivity contribution is 0.597. The maximum Gasteiger partial charge on any atom is 0.127 e. The lowest BCUT2D eigenvalue weighted by atomic mass is 10.2. The van der Waals surface area contributed by atoms with Crippen molar-refractivity contribution in [3.8, 4) is 11.8 Å². The van der Waals surface area contributed by atoms with Gasteiger partial charge in [0.1, 0.15) is 5.82 Å². The molecule has 1 nitrogen and oxygen atoms in total. The van der Waals surface area contributed by atoms with Gasteiger partial charge in [0.25, 0.3) is 0 Å². The van der Waals surface area contributed by atoms with E-state index in [2.05, 4.69) is 17.2 Å². The fourth-order valence-electron chi connectivity index (χ4n) is 1.57. The molecule has 2 rings (SSSR count). The van der Waals surface area contributed by atoms with E-state index in [0.29, 0.717) is 18.7 Å². The second kappa shape index (κ2) is 6.58. The largest absolute Gasteiger partial charge is 0.302 e. The van der Waals surface area contributed by atoms with E-state index in [4.69, 9.17) is 0 Å². The zero-order valence-electron chi connectivity index (χ0n) is 9.99. The first-order chi connectivity index (χ1) is 8.86. The molecule has 0 fully saturated rings. The Morgan fingerprint density at radius 1 is 0.944 bits per heavy atom. The summed E-state index contributed by atoms with van der Waals surface area (Å²) in [5.41, 5.74) is 1.66. The lowest BCUT2D eigenvalue weighted by Crippen LogP contribution is -2.14. The third kappa shape index (κ3) is 3.73. The van der Waals surface area contributed by atoms with Gasteiger partial charge >= 0.3 is 0 Å². The van der Waals surface area contributed by atoms with Gasteiger partial charge in [0, 0.05) is 17.7 Å². The molecule has 0 aromatic heterocycles. The summed E-state index contributed by atoms with van der Waals surface area (Å²) in [5, 5.41) is 3.10. The topological polar surface area (TPSA) is 12.0 Å². The Balaban J connectivity index is 1.81. The fraction of sp³-hybridized carbons (Fsp3) is 0.125. The van der Waals surface area contributed by atoms with Gasteiger partial charge in [-0.2, -0.15) is 0 Å². The summed E-state index contributed by atoms with van der Waals surface area (Å²) in [6.45, 7) is 1.04. The molecule has 90 valence electrons.